The molecule has 152 valence electrons. The van der Waals surface area contributed by atoms with Gasteiger partial charge in [-0.15, -0.1) is 0 Å². The fourth-order valence-corrected chi connectivity index (χ4v) is 2.84. The predicted molar refractivity (Wildman–Crippen MR) is 106 cm³/mol. The molecule has 1 heterocycles. The summed E-state index contributed by atoms with van der Waals surface area (Å²) in [5.41, 5.74) is 0.0532. The molecule has 1 aromatic carbocycles. The van der Waals surface area contributed by atoms with E-state index in [2.05, 4.69) is 6.58 Å². The Hall–Kier alpha value is -2.83. The van der Waals surface area contributed by atoms with Gasteiger partial charge in [0.05, 0.1) is 5.92 Å². The maximum atomic E-state index is 12.4. The largest absolute Gasteiger partial charge is 0.443 e. The van der Waals surface area contributed by atoms with Gasteiger partial charge in [0.1, 0.15) is 11.4 Å². The van der Waals surface area contributed by atoms with Crippen LogP contribution >= 0.6 is 0 Å². The summed E-state index contributed by atoms with van der Waals surface area (Å²) in [6.45, 7) is 9.93. The number of anilines is 1. The molecule has 2 amide bonds. The van der Waals surface area contributed by atoms with Crippen molar-refractivity contribution in [1.29, 1.82) is 0 Å². The van der Waals surface area contributed by atoms with E-state index in [4.69, 9.17) is 9.47 Å². The van der Waals surface area contributed by atoms with Crippen LogP contribution in [0.2, 0.25) is 0 Å². The molecule has 0 atom stereocenters. The summed E-state index contributed by atoms with van der Waals surface area (Å²) < 4.78 is 10.8. The van der Waals surface area contributed by atoms with Crippen molar-refractivity contribution in [2.45, 2.75) is 39.2 Å². The zero-order valence-electron chi connectivity index (χ0n) is 16.9. The van der Waals surface area contributed by atoms with Crippen LogP contribution < -0.4 is 9.64 Å². The van der Waals surface area contributed by atoms with Gasteiger partial charge >= 0.3 is 12.1 Å². The van der Waals surface area contributed by atoms with E-state index in [0.717, 1.165) is 0 Å². The smallest absolute Gasteiger partial charge is 0.414 e. The molecule has 7 heteroatoms. The topological polar surface area (TPSA) is 76.2 Å². The van der Waals surface area contributed by atoms with Crippen LogP contribution in [0.15, 0.2) is 36.9 Å². The molecule has 0 saturated carbocycles. The monoisotopic (exact) mass is 388 g/mol. The van der Waals surface area contributed by atoms with Crippen LogP contribution in [0.4, 0.5) is 10.5 Å². The van der Waals surface area contributed by atoms with E-state index in [1.807, 2.05) is 0 Å². The maximum absolute atomic E-state index is 12.4. The highest BCUT2D eigenvalue weighted by Crippen LogP contribution is 2.24. The summed E-state index contributed by atoms with van der Waals surface area (Å²) in [7, 11) is 1.62. The number of amides is 2. The molecule has 0 aliphatic carbocycles. The lowest BCUT2D eigenvalue weighted by molar-refractivity contribution is -0.142. The average Bonchev–Trinajstić information content (AvgIpc) is 2.66. The number of carbonyl (C=O) groups is 3. The molecule has 1 saturated heterocycles. The lowest BCUT2D eigenvalue weighted by Gasteiger charge is -2.30. The van der Waals surface area contributed by atoms with Crippen molar-refractivity contribution in [3.63, 3.8) is 0 Å². The summed E-state index contributed by atoms with van der Waals surface area (Å²) in [6, 6.07) is 6.67. The first kappa shape index (κ1) is 21.5. The number of benzene rings is 1. The van der Waals surface area contributed by atoms with Crippen molar-refractivity contribution in [3.05, 3.63) is 36.9 Å². The summed E-state index contributed by atoms with van der Waals surface area (Å²) in [5, 5.41) is 0. The third-order valence-electron chi connectivity index (χ3n) is 4.42. The number of rotatable bonds is 4. The van der Waals surface area contributed by atoms with E-state index >= 15 is 0 Å². The van der Waals surface area contributed by atoms with Crippen LogP contribution in [-0.2, 0) is 14.3 Å². The van der Waals surface area contributed by atoms with Crippen LogP contribution in [-0.4, -0.2) is 48.6 Å². The number of likely N-dealkylation sites (tertiary alicyclic amines) is 1. The van der Waals surface area contributed by atoms with Gasteiger partial charge in [-0.25, -0.2) is 4.79 Å². The Bertz CT molecular complexity index is 728. The van der Waals surface area contributed by atoms with Gasteiger partial charge in [0.15, 0.2) is 0 Å². The second-order valence-corrected chi connectivity index (χ2v) is 7.76. The van der Waals surface area contributed by atoms with Crippen LogP contribution in [0, 0.1) is 5.92 Å². The minimum absolute atomic E-state index is 0.114. The summed E-state index contributed by atoms with van der Waals surface area (Å²) in [5.74, 6) is -0.246. The van der Waals surface area contributed by atoms with Gasteiger partial charge in [0, 0.05) is 25.8 Å². The highest BCUT2D eigenvalue weighted by atomic mass is 16.6. The van der Waals surface area contributed by atoms with Gasteiger partial charge in [0.2, 0.25) is 5.91 Å². The minimum atomic E-state index is -0.577. The van der Waals surface area contributed by atoms with Gasteiger partial charge in [-0.3, -0.25) is 14.5 Å². The standard InChI is InChI=1S/C21H28N2O5/c1-6-18(24)23-13-11-15(12-14-23)19(25)27-17-9-7-16(8-10-17)22(5)20(26)28-21(2,3)4/h6-10,15H,1,11-14H2,2-5H3. The Morgan fingerprint density at radius 1 is 1.14 bits per heavy atom. The molecule has 1 fully saturated rings. The second-order valence-electron chi connectivity index (χ2n) is 7.76. The fraction of sp³-hybridized carbons (Fsp3) is 0.476. The quantitative estimate of drug-likeness (QED) is 0.449. The highest BCUT2D eigenvalue weighted by Gasteiger charge is 2.28. The third kappa shape index (κ3) is 5.84. The van der Waals surface area contributed by atoms with E-state index in [0.29, 0.717) is 37.4 Å². The Morgan fingerprint density at radius 2 is 1.71 bits per heavy atom. The fourth-order valence-electron chi connectivity index (χ4n) is 2.84. The molecule has 2 rings (SSSR count). The van der Waals surface area contributed by atoms with Crippen LogP contribution in [0.1, 0.15) is 33.6 Å². The molecular weight excluding hydrogens is 360 g/mol. The molecule has 0 aromatic heterocycles. The Balaban J connectivity index is 1.90. The molecule has 0 unspecified atom stereocenters. The highest BCUT2D eigenvalue weighted by molar-refractivity contribution is 5.88. The van der Waals surface area contributed by atoms with Crippen molar-refractivity contribution in [3.8, 4) is 5.75 Å². The first-order valence-corrected chi connectivity index (χ1v) is 9.30. The zero-order chi connectivity index (χ0) is 20.9. The number of ether oxygens (including phenoxy) is 2. The van der Waals surface area contributed by atoms with Gasteiger partial charge in [-0.05, 0) is 64.0 Å². The Labute approximate surface area is 165 Å². The molecular formula is C21H28N2O5. The molecule has 0 radical (unpaired) electrons. The molecule has 0 N–H and O–H groups in total. The summed E-state index contributed by atoms with van der Waals surface area (Å²) in [6.07, 6.45) is 1.96. The number of carbonyl (C=O) groups excluding carboxylic acids is 3. The molecule has 1 aromatic rings. The number of nitrogens with zero attached hydrogens (tertiary/aromatic N) is 2. The molecule has 1 aliphatic rings. The van der Waals surface area contributed by atoms with Crippen molar-refractivity contribution < 1.29 is 23.9 Å². The lowest BCUT2D eigenvalue weighted by atomic mass is 9.97. The molecule has 7 nitrogen and oxygen atoms in total. The average molecular weight is 388 g/mol. The van der Waals surface area contributed by atoms with Crippen LogP contribution in [0.3, 0.4) is 0 Å². The van der Waals surface area contributed by atoms with Crippen molar-refractivity contribution in [1.82, 2.24) is 4.90 Å². The summed E-state index contributed by atoms with van der Waals surface area (Å²) >= 11 is 0. The van der Waals surface area contributed by atoms with E-state index < -0.39 is 11.7 Å². The molecule has 0 bridgehead atoms. The first-order valence-electron chi connectivity index (χ1n) is 9.30. The number of piperidine rings is 1. The van der Waals surface area contributed by atoms with Gasteiger partial charge in [-0.2, -0.15) is 0 Å². The molecule has 1 aliphatic heterocycles. The Kier molecular flexibility index (Phi) is 6.83. The number of esters is 1. The lowest BCUT2D eigenvalue weighted by Crippen LogP contribution is -2.40. The number of hydrogen-bond acceptors (Lipinski definition) is 5. The van der Waals surface area contributed by atoms with Gasteiger partial charge in [-0.1, -0.05) is 6.58 Å². The van der Waals surface area contributed by atoms with E-state index in [1.165, 1.54) is 11.0 Å². The minimum Gasteiger partial charge on any atom is -0.443 e. The van der Waals surface area contributed by atoms with Crippen molar-refractivity contribution in [2.75, 3.05) is 25.0 Å². The third-order valence-corrected chi connectivity index (χ3v) is 4.42. The molecule has 28 heavy (non-hydrogen) atoms. The molecule has 0 spiro atoms. The predicted octanol–water partition coefficient (Wildman–Crippen LogP) is 3.39. The van der Waals surface area contributed by atoms with E-state index in [1.54, 1.807) is 57.0 Å². The van der Waals surface area contributed by atoms with E-state index in [9.17, 15) is 14.4 Å². The van der Waals surface area contributed by atoms with Gasteiger partial charge < -0.3 is 14.4 Å². The zero-order valence-corrected chi connectivity index (χ0v) is 16.9. The van der Waals surface area contributed by atoms with Crippen LogP contribution in [0.5, 0.6) is 5.75 Å². The SMILES string of the molecule is C=CC(=O)N1CCC(C(=O)Oc2ccc(N(C)C(=O)OC(C)(C)C)cc2)CC1. The van der Waals surface area contributed by atoms with Crippen molar-refractivity contribution in [2.24, 2.45) is 5.92 Å². The van der Waals surface area contributed by atoms with Crippen molar-refractivity contribution >= 4 is 23.7 Å². The normalized spacial score (nSPS) is 14.9. The summed E-state index contributed by atoms with van der Waals surface area (Å²) in [4.78, 5) is 39.1. The van der Waals surface area contributed by atoms with Gasteiger partial charge in [0.25, 0.3) is 0 Å². The Morgan fingerprint density at radius 3 is 2.21 bits per heavy atom. The second kappa shape index (κ2) is 8.91. The van der Waals surface area contributed by atoms with E-state index in [-0.39, 0.29) is 17.8 Å². The maximum Gasteiger partial charge on any atom is 0.414 e. The van der Waals surface area contributed by atoms with Crippen LogP contribution in [0.25, 0.3) is 0 Å². The first-order chi connectivity index (χ1) is 13.1. The number of hydrogen-bond donors (Lipinski definition) is 0.